The molecule has 7 rings (SSSR count). The third kappa shape index (κ3) is 3.59. The first-order valence-electron chi connectivity index (χ1n) is 12.2. The Morgan fingerprint density at radius 1 is 0.865 bits per heavy atom. The summed E-state index contributed by atoms with van der Waals surface area (Å²) in [7, 11) is 0. The monoisotopic (exact) mass is 498 g/mol. The van der Waals surface area contributed by atoms with Gasteiger partial charge in [0.2, 0.25) is 0 Å². The van der Waals surface area contributed by atoms with Crippen molar-refractivity contribution in [1.82, 2.24) is 9.38 Å². The molecule has 5 heteroatoms. The Balaban J connectivity index is 1.54. The fourth-order valence-electron chi connectivity index (χ4n) is 5.11. The predicted molar refractivity (Wildman–Crippen MR) is 150 cm³/mol. The van der Waals surface area contributed by atoms with Crippen LogP contribution in [-0.4, -0.2) is 9.38 Å². The maximum absolute atomic E-state index is 13.7. The number of nitrogens with zero attached hydrogens (tertiary/aromatic N) is 2. The number of aryl methyl sites for hydroxylation is 1. The number of ether oxygens (including phenoxy) is 1. The Hall–Kier alpha value is -4.48. The number of thiazole rings is 1. The van der Waals surface area contributed by atoms with Gasteiger partial charge in [-0.3, -0.25) is 4.79 Å². The molecule has 1 aliphatic rings. The quantitative estimate of drug-likeness (QED) is 0.285. The Morgan fingerprint density at radius 2 is 1.59 bits per heavy atom. The van der Waals surface area contributed by atoms with E-state index in [2.05, 4.69) is 49.4 Å². The third-order valence-electron chi connectivity index (χ3n) is 6.89. The minimum atomic E-state index is -0.0914. The fourth-order valence-corrected chi connectivity index (χ4v) is 6.09. The van der Waals surface area contributed by atoms with Gasteiger partial charge >= 0.3 is 0 Å². The number of aromatic nitrogens is 2. The second-order valence-corrected chi connectivity index (χ2v) is 10.3. The van der Waals surface area contributed by atoms with E-state index in [1.165, 1.54) is 16.9 Å². The lowest BCUT2D eigenvalue weighted by Gasteiger charge is -2.30. The number of allylic oxidation sites excluding steroid dienone is 1. The zero-order valence-corrected chi connectivity index (χ0v) is 20.9. The molecule has 1 atom stereocenters. The van der Waals surface area contributed by atoms with E-state index in [-0.39, 0.29) is 11.5 Å². The topological polar surface area (TPSA) is 43.6 Å². The molecule has 6 aromatic rings. The van der Waals surface area contributed by atoms with Crippen molar-refractivity contribution in [3.05, 3.63) is 146 Å². The maximum atomic E-state index is 13.7. The first kappa shape index (κ1) is 21.8. The number of rotatable bonds is 3. The number of benzene rings is 4. The van der Waals surface area contributed by atoms with Gasteiger partial charge in [0, 0.05) is 22.6 Å². The van der Waals surface area contributed by atoms with Crippen LogP contribution in [-0.2, 0) is 0 Å². The highest BCUT2D eigenvalue weighted by Gasteiger charge is 2.31. The second kappa shape index (κ2) is 8.57. The zero-order chi connectivity index (χ0) is 24.9. The molecule has 4 nitrogen and oxygen atoms in total. The summed E-state index contributed by atoms with van der Waals surface area (Å²) in [4.78, 5) is 19.1. The van der Waals surface area contributed by atoms with E-state index in [0.29, 0.717) is 9.49 Å². The minimum absolute atomic E-state index is 0.0601. The molecule has 1 aliphatic heterocycles. The zero-order valence-electron chi connectivity index (χ0n) is 20.1. The van der Waals surface area contributed by atoms with Crippen LogP contribution in [0.2, 0.25) is 0 Å². The predicted octanol–water partition coefficient (Wildman–Crippen LogP) is 6.35. The molecular formula is C32H22N2O2S. The first-order chi connectivity index (χ1) is 18.2. The van der Waals surface area contributed by atoms with Crippen molar-refractivity contribution < 1.29 is 4.74 Å². The van der Waals surface area contributed by atoms with Crippen molar-refractivity contribution >= 4 is 39.2 Å². The molecule has 178 valence electrons. The van der Waals surface area contributed by atoms with Gasteiger partial charge in [0.05, 0.1) is 15.6 Å². The highest BCUT2D eigenvalue weighted by Crippen LogP contribution is 2.46. The Morgan fingerprint density at radius 3 is 2.43 bits per heavy atom. The number of imidazole rings is 1. The fraction of sp³-hybridized carbons (Fsp3) is 0.0625. The SMILES string of the molecule is Cc1ccc([C@@H]2C(/C=c3/sc4nc5ccccc5n4c3=O)=C(c3ccccc3)Oc3ccccc32)cc1. The first-order valence-corrected chi connectivity index (χ1v) is 13.0. The standard InChI is InChI=1S/C32H22N2O2S/c1-20-15-17-21(18-16-20)29-23-11-5-8-14-27(23)36-30(22-9-3-2-4-10-22)24(29)19-28-31(35)34-26-13-7-6-12-25(26)33-32(34)37-28/h2-19,29H,1H3/b28-19+/t29-/m0/s1. The third-order valence-corrected chi connectivity index (χ3v) is 7.86. The molecule has 0 aliphatic carbocycles. The number of para-hydroxylation sites is 3. The molecule has 0 spiro atoms. The Kier molecular flexibility index (Phi) is 5.05. The number of hydrogen-bond acceptors (Lipinski definition) is 4. The maximum Gasteiger partial charge on any atom is 0.274 e. The van der Waals surface area contributed by atoms with E-state index in [0.717, 1.165) is 44.8 Å². The molecule has 2 aromatic heterocycles. The number of fused-ring (bicyclic) bond motifs is 4. The molecule has 0 saturated carbocycles. The van der Waals surface area contributed by atoms with Crippen molar-refractivity contribution in [3.63, 3.8) is 0 Å². The van der Waals surface area contributed by atoms with Crippen LogP contribution < -0.4 is 14.8 Å². The molecule has 0 N–H and O–H groups in total. The van der Waals surface area contributed by atoms with Crippen molar-refractivity contribution in [1.29, 1.82) is 0 Å². The lowest BCUT2D eigenvalue weighted by molar-refractivity contribution is 0.488. The summed E-state index contributed by atoms with van der Waals surface area (Å²) in [6.45, 7) is 2.09. The van der Waals surface area contributed by atoms with Crippen LogP contribution in [0.4, 0.5) is 0 Å². The van der Waals surface area contributed by atoms with Crippen molar-refractivity contribution in [2.45, 2.75) is 12.8 Å². The molecule has 37 heavy (non-hydrogen) atoms. The van der Waals surface area contributed by atoms with Gasteiger partial charge in [0.1, 0.15) is 11.5 Å². The lowest BCUT2D eigenvalue weighted by Crippen LogP contribution is -2.24. The van der Waals surface area contributed by atoms with Gasteiger partial charge in [0.15, 0.2) is 4.96 Å². The van der Waals surface area contributed by atoms with E-state index in [1.54, 1.807) is 4.40 Å². The second-order valence-electron chi connectivity index (χ2n) is 9.27. The molecular weight excluding hydrogens is 476 g/mol. The minimum Gasteiger partial charge on any atom is -0.456 e. The van der Waals surface area contributed by atoms with Gasteiger partial charge in [-0.2, -0.15) is 0 Å². The average molecular weight is 499 g/mol. The van der Waals surface area contributed by atoms with Crippen LogP contribution in [0.15, 0.2) is 113 Å². The molecule has 0 unspecified atom stereocenters. The van der Waals surface area contributed by atoms with E-state index >= 15 is 0 Å². The highest BCUT2D eigenvalue weighted by molar-refractivity contribution is 7.15. The highest BCUT2D eigenvalue weighted by atomic mass is 32.1. The van der Waals surface area contributed by atoms with E-state index < -0.39 is 0 Å². The summed E-state index contributed by atoms with van der Waals surface area (Å²) >= 11 is 1.42. The van der Waals surface area contributed by atoms with Gasteiger partial charge in [-0.1, -0.05) is 102 Å². The van der Waals surface area contributed by atoms with E-state index in [9.17, 15) is 4.79 Å². The van der Waals surface area contributed by atoms with Gasteiger partial charge in [-0.25, -0.2) is 9.38 Å². The van der Waals surface area contributed by atoms with Crippen LogP contribution in [0.5, 0.6) is 5.75 Å². The summed E-state index contributed by atoms with van der Waals surface area (Å²) in [5, 5.41) is 0. The van der Waals surface area contributed by atoms with Crippen molar-refractivity contribution in [2.75, 3.05) is 0 Å². The molecule has 4 aromatic carbocycles. The van der Waals surface area contributed by atoms with Crippen LogP contribution in [0.25, 0.3) is 27.8 Å². The Labute approximate surface area is 217 Å². The molecule has 0 bridgehead atoms. The summed E-state index contributed by atoms with van der Waals surface area (Å²) in [6, 6.07) is 34.7. The summed E-state index contributed by atoms with van der Waals surface area (Å²) in [5.41, 5.74) is 6.96. The molecule has 0 fully saturated rings. The summed E-state index contributed by atoms with van der Waals surface area (Å²) < 4.78 is 8.92. The summed E-state index contributed by atoms with van der Waals surface area (Å²) in [5.74, 6) is 1.50. The Bertz CT molecular complexity index is 1930. The number of hydrogen-bond donors (Lipinski definition) is 0. The molecule has 0 amide bonds. The largest absolute Gasteiger partial charge is 0.456 e. The normalized spacial score (nSPS) is 15.8. The van der Waals surface area contributed by atoms with Crippen molar-refractivity contribution in [2.24, 2.45) is 0 Å². The summed E-state index contributed by atoms with van der Waals surface area (Å²) in [6.07, 6.45) is 2.01. The molecule has 0 radical (unpaired) electrons. The van der Waals surface area contributed by atoms with Gasteiger partial charge < -0.3 is 4.74 Å². The van der Waals surface area contributed by atoms with E-state index in [4.69, 9.17) is 9.72 Å². The van der Waals surface area contributed by atoms with Crippen LogP contribution in [0.3, 0.4) is 0 Å². The average Bonchev–Trinajstić information content (AvgIpc) is 3.45. The van der Waals surface area contributed by atoms with Gasteiger partial charge in [-0.05, 0) is 36.8 Å². The van der Waals surface area contributed by atoms with Crippen molar-refractivity contribution in [3.8, 4) is 5.75 Å². The lowest BCUT2D eigenvalue weighted by atomic mass is 9.81. The molecule has 0 saturated heterocycles. The van der Waals surface area contributed by atoms with Gasteiger partial charge in [-0.15, -0.1) is 0 Å². The smallest absolute Gasteiger partial charge is 0.274 e. The molecule has 3 heterocycles. The van der Waals surface area contributed by atoms with Crippen LogP contribution >= 0.6 is 11.3 Å². The van der Waals surface area contributed by atoms with E-state index in [1.807, 2.05) is 66.7 Å². The van der Waals surface area contributed by atoms with Crippen LogP contribution in [0, 0.1) is 6.92 Å². The van der Waals surface area contributed by atoms with Crippen LogP contribution in [0.1, 0.15) is 28.2 Å². The van der Waals surface area contributed by atoms with Gasteiger partial charge in [0.25, 0.3) is 5.56 Å².